The summed E-state index contributed by atoms with van der Waals surface area (Å²) in [6, 6.07) is -2.33. The predicted octanol–water partition coefficient (Wildman–Crippen LogP) is -0.112. The highest BCUT2D eigenvalue weighted by molar-refractivity contribution is 5.89. The molecule has 0 aromatic heterocycles. The molecule has 1 fully saturated rings. The largest absolute Gasteiger partial charge is 0.382 e. The van der Waals surface area contributed by atoms with Gasteiger partial charge in [-0.15, -0.1) is 0 Å². The van der Waals surface area contributed by atoms with Crippen LogP contribution in [0.2, 0.25) is 0 Å². The van der Waals surface area contributed by atoms with Crippen LogP contribution in [-0.4, -0.2) is 80.7 Å². The van der Waals surface area contributed by atoms with Crippen molar-refractivity contribution in [1.82, 2.24) is 37.2 Å². The van der Waals surface area contributed by atoms with Gasteiger partial charge in [-0.1, -0.05) is 47.1 Å². The first-order chi connectivity index (χ1) is 21.4. The van der Waals surface area contributed by atoms with E-state index in [0.29, 0.717) is 74.7 Å². The number of nitrogens with two attached hydrogens (primary N) is 3. The van der Waals surface area contributed by atoms with E-state index in [1.807, 2.05) is 6.92 Å². The van der Waals surface area contributed by atoms with Crippen LogP contribution in [0.5, 0.6) is 0 Å². The summed E-state index contributed by atoms with van der Waals surface area (Å²) in [6.45, 7) is 24.6. The number of amides is 3. The molecule has 0 aliphatic carbocycles. The minimum atomic E-state index is -0.750. The van der Waals surface area contributed by atoms with Gasteiger partial charge < -0.3 is 54.4 Å². The Bertz CT molecular complexity index is 1020. The van der Waals surface area contributed by atoms with Crippen LogP contribution in [0.3, 0.4) is 0 Å². The molecule has 0 aromatic carbocycles. The number of hydrogen-bond acceptors (Lipinski definition) is 10. The molecule has 13 nitrogen and oxygen atoms in total. The first-order valence-corrected chi connectivity index (χ1v) is 16.1. The number of carbonyl (C=O) groups excluding carboxylic acids is 3. The fraction of sp³-hybridized carbons (Fsp3) is 0.656. The van der Waals surface area contributed by atoms with Gasteiger partial charge in [-0.25, -0.2) is 0 Å². The number of nitrogens with one attached hydrogen (secondary N) is 7. The summed E-state index contributed by atoms with van der Waals surface area (Å²) < 4.78 is 0. The highest BCUT2D eigenvalue weighted by Crippen LogP contribution is 2.15. The topological polar surface area (TPSA) is 213 Å². The molecule has 1 rings (SSSR count). The van der Waals surface area contributed by atoms with Crippen molar-refractivity contribution in [1.29, 1.82) is 0 Å². The highest BCUT2D eigenvalue weighted by Gasteiger charge is 2.27. The van der Waals surface area contributed by atoms with Crippen LogP contribution in [0, 0.1) is 5.92 Å². The van der Waals surface area contributed by atoms with Crippen LogP contribution in [0.25, 0.3) is 0 Å². The van der Waals surface area contributed by atoms with Crippen molar-refractivity contribution < 1.29 is 14.4 Å². The smallest absolute Gasteiger partial charge is 0.243 e. The third-order valence-corrected chi connectivity index (χ3v) is 7.53. The van der Waals surface area contributed by atoms with Crippen LogP contribution < -0.4 is 54.4 Å². The Morgan fingerprint density at radius 1 is 0.689 bits per heavy atom. The van der Waals surface area contributed by atoms with Gasteiger partial charge >= 0.3 is 0 Å². The van der Waals surface area contributed by atoms with Crippen molar-refractivity contribution in [2.75, 3.05) is 32.7 Å². The lowest BCUT2D eigenvalue weighted by atomic mass is 9.99. The second-order valence-electron chi connectivity index (χ2n) is 12.0. The van der Waals surface area contributed by atoms with E-state index < -0.39 is 12.1 Å². The molecule has 1 saturated heterocycles. The van der Waals surface area contributed by atoms with Crippen molar-refractivity contribution in [3.8, 4) is 0 Å². The third-order valence-electron chi connectivity index (χ3n) is 7.53. The van der Waals surface area contributed by atoms with E-state index in [1.54, 1.807) is 0 Å². The minimum Gasteiger partial charge on any atom is -0.382 e. The highest BCUT2D eigenvalue weighted by atomic mass is 16.2. The van der Waals surface area contributed by atoms with Gasteiger partial charge in [-0.05, 0) is 64.1 Å². The van der Waals surface area contributed by atoms with Crippen LogP contribution in [-0.2, 0) is 14.4 Å². The lowest BCUT2D eigenvalue weighted by Gasteiger charge is -2.32. The maximum Gasteiger partial charge on any atom is 0.243 e. The normalized spacial score (nSPS) is 25.7. The van der Waals surface area contributed by atoms with Crippen LogP contribution >= 0.6 is 0 Å². The van der Waals surface area contributed by atoms with Crippen LogP contribution in [0.15, 0.2) is 49.1 Å². The summed E-state index contributed by atoms with van der Waals surface area (Å²) in [6.07, 6.45) is 3.15. The van der Waals surface area contributed by atoms with Crippen molar-refractivity contribution in [3.63, 3.8) is 0 Å². The molecule has 5 unspecified atom stereocenters. The summed E-state index contributed by atoms with van der Waals surface area (Å²) in [5, 5.41) is 22.1. The average Bonchev–Trinajstić information content (AvgIpc) is 2.98. The molecule has 0 spiro atoms. The van der Waals surface area contributed by atoms with Gasteiger partial charge in [-0.3, -0.25) is 14.4 Å². The Labute approximate surface area is 270 Å². The SMILES string of the molecule is C=C1CNC(=C)C(CCN)NC(=O)CCCNC(=O)C(CC)NC(=O)C(CCN)NC(=C)C(CCN)NC(=C)C(CC(C)C)N1. The van der Waals surface area contributed by atoms with Crippen molar-refractivity contribution in [3.05, 3.63) is 49.1 Å². The zero-order chi connectivity index (χ0) is 33.9. The lowest BCUT2D eigenvalue weighted by Crippen LogP contribution is -2.54. The fourth-order valence-electron chi connectivity index (χ4n) is 4.96. The fourth-order valence-corrected chi connectivity index (χ4v) is 4.96. The molecular weight excluding hydrogens is 572 g/mol. The average molecular weight is 633 g/mol. The van der Waals surface area contributed by atoms with E-state index in [4.69, 9.17) is 17.2 Å². The standard InChI is InChI=1S/C32H60N10O3/c1-8-25-31(44)36-17-9-10-30(43)41-26(11-14-33)22(5)37-19-21(4)38-29(18-20(2)3)24(7)39-27(12-15-34)23(6)40-28(13-16-35)32(45)42-25/h20,25-29,37-40H,4-19,33-35H2,1-3H3,(H,36,44)(H,41,43)(H,42,45). The molecular formula is C32H60N10O3. The van der Waals surface area contributed by atoms with E-state index in [-0.39, 0.29) is 55.4 Å². The van der Waals surface area contributed by atoms with Gasteiger partial charge in [0, 0.05) is 35.8 Å². The van der Waals surface area contributed by atoms with Crippen molar-refractivity contribution >= 4 is 17.7 Å². The van der Waals surface area contributed by atoms with Crippen LogP contribution in [0.4, 0.5) is 0 Å². The molecule has 0 bridgehead atoms. The summed E-state index contributed by atoms with van der Waals surface area (Å²) in [5.74, 6) is -0.514. The summed E-state index contributed by atoms with van der Waals surface area (Å²) in [5.41, 5.74) is 20.3. The molecule has 13 N–H and O–H groups in total. The van der Waals surface area contributed by atoms with Gasteiger partial charge in [0.2, 0.25) is 17.7 Å². The predicted molar refractivity (Wildman–Crippen MR) is 182 cm³/mol. The minimum absolute atomic E-state index is 0.172. The molecule has 1 aliphatic heterocycles. The zero-order valence-electron chi connectivity index (χ0n) is 27.7. The Morgan fingerprint density at radius 2 is 1.24 bits per heavy atom. The number of carbonyl (C=O) groups is 3. The van der Waals surface area contributed by atoms with Gasteiger partial charge in [-0.2, -0.15) is 0 Å². The molecule has 45 heavy (non-hydrogen) atoms. The maximum absolute atomic E-state index is 13.3. The van der Waals surface area contributed by atoms with Gasteiger partial charge in [0.05, 0.1) is 24.7 Å². The second kappa shape index (κ2) is 21.2. The van der Waals surface area contributed by atoms with Gasteiger partial charge in [0.25, 0.3) is 0 Å². The molecule has 0 saturated carbocycles. The van der Waals surface area contributed by atoms with Gasteiger partial charge in [0.15, 0.2) is 0 Å². The Kier molecular flexibility index (Phi) is 18.6. The summed E-state index contributed by atoms with van der Waals surface area (Å²) in [4.78, 5) is 38.9. The second-order valence-corrected chi connectivity index (χ2v) is 12.0. The van der Waals surface area contributed by atoms with Crippen molar-refractivity contribution in [2.45, 2.75) is 95.9 Å². The Hall–Kier alpha value is -3.55. The molecule has 256 valence electrons. The Morgan fingerprint density at radius 3 is 1.82 bits per heavy atom. The molecule has 5 atom stereocenters. The van der Waals surface area contributed by atoms with E-state index in [0.717, 1.165) is 12.1 Å². The van der Waals surface area contributed by atoms with Crippen molar-refractivity contribution in [2.24, 2.45) is 23.1 Å². The molecule has 13 heteroatoms. The molecule has 1 aliphatic rings. The third kappa shape index (κ3) is 14.9. The van der Waals surface area contributed by atoms with Crippen LogP contribution in [0.1, 0.15) is 65.7 Å². The quantitative estimate of drug-likeness (QED) is 0.163. The summed E-state index contributed by atoms with van der Waals surface area (Å²) in [7, 11) is 0. The van der Waals surface area contributed by atoms with E-state index >= 15 is 0 Å². The van der Waals surface area contributed by atoms with E-state index in [1.165, 1.54) is 0 Å². The molecule has 3 amide bonds. The van der Waals surface area contributed by atoms with Gasteiger partial charge in [0.1, 0.15) is 12.1 Å². The van der Waals surface area contributed by atoms with E-state index in [9.17, 15) is 14.4 Å². The monoisotopic (exact) mass is 632 g/mol. The maximum atomic E-state index is 13.3. The first-order valence-electron chi connectivity index (χ1n) is 16.1. The zero-order valence-corrected chi connectivity index (χ0v) is 27.7. The first kappa shape index (κ1) is 39.5. The molecule has 0 radical (unpaired) electrons. The molecule has 0 aromatic rings. The Balaban J connectivity index is 3.32. The number of rotatable bonds is 9. The molecule has 1 heterocycles. The lowest BCUT2D eigenvalue weighted by molar-refractivity contribution is -0.130. The number of hydrogen-bond donors (Lipinski definition) is 10. The summed E-state index contributed by atoms with van der Waals surface area (Å²) >= 11 is 0. The van der Waals surface area contributed by atoms with E-state index in [2.05, 4.69) is 77.4 Å².